The van der Waals surface area contributed by atoms with Gasteiger partial charge in [-0.25, -0.2) is 5.43 Å². The average molecular weight is 393 g/mol. The van der Waals surface area contributed by atoms with Crippen LogP contribution in [0.4, 0.5) is 0 Å². The van der Waals surface area contributed by atoms with E-state index in [0.717, 1.165) is 14.7 Å². The smallest absolute Gasteiger partial charge is 0.0735 e. The van der Waals surface area contributed by atoms with Crippen LogP contribution in [0.1, 0.15) is 17.2 Å². The van der Waals surface area contributed by atoms with Crippen LogP contribution < -0.4 is 11.3 Å². The van der Waals surface area contributed by atoms with Gasteiger partial charge in [0.15, 0.2) is 0 Å². The topological polar surface area (TPSA) is 38.0 Å². The van der Waals surface area contributed by atoms with Gasteiger partial charge in [0.2, 0.25) is 0 Å². The summed E-state index contributed by atoms with van der Waals surface area (Å²) in [7, 11) is 0. The molecule has 0 amide bonds. The fourth-order valence-corrected chi connectivity index (χ4v) is 2.90. The molecule has 0 bridgehead atoms. The zero-order valence-electron chi connectivity index (χ0n) is 9.33. The summed E-state index contributed by atoms with van der Waals surface area (Å²) in [6.45, 7) is 0. The van der Waals surface area contributed by atoms with Crippen molar-refractivity contribution in [2.75, 3.05) is 0 Å². The molecule has 1 atom stereocenters. The molecule has 0 saturated carbocycles. The van der Waals surface area contributed by atoms with Crippen molar-refractivity contribution in [1.29, 1.82) is 0 Å². The highest BCUT2D eigenvalue weighted by molar-refractivity contribution is 14.1. The average Bonchev–Trinajstić information content (AvgIpc) is 2.36. The second-order valence-corrected chi connectivity index (χ2v) is 5.79. The van der Waals surface area contributed by atoms with Crippen molar-refractivity contribution >= 4 is 45.8 Å². The van der Waals surface area contributed by atoms with Crippen LogP contribution in [-0.4, -0.2) is 0 Å². The van der Waals surface area contributed by atoms with Crippen molar-refractivity contribution in [3.05, 3.63) is 67.2 Å². The maximum absolute atomic E-state index is 6.22. The Labute approximate surface area is 130 Å². The summed E-state index contributed by atoms with van der Waals surface area (Å²) in [5.74, 6) is 5.67. The quantitative estimate of drug-likeness (QED) is 0.467. The van der Waals surface area contributed by atoms with Crippen molar-refractivity contribution in [1.82, 2.24) is 5.43 Å². The number of halogens is 3. The van der Waals surface area contributed by atoms with E-state index in [2.05, 4.69) is 28.0 Å². The van der Waals surface area contributed by atoms with Gasteiger partial charge in [-0.15, -0.1) is 0 Å². The molecule has 0 saturated heterocycles. The highest BCUT2D eigenvalue weighted by atomic mass is 127. The maximum Gasteiger partial charge on any atom is 0.0735 e. The van der Waals surface area contributed by atoms with Gasteiger partial charge in [-0.1, -0.05) is 41.4 Å². The summed E-state index contributed by atoms with van der Waals surface area (Å²) in [6.07, 6.45) is 0. The molecule has 5 heteroatoms. The lowest BCUT2D eigenvalue weighted by atomic mass is 9.99. The van der Waals surface area contributed by atoms with Crippen molar-refractivity contribution < 1.29 is 0 Å². The monoisotopic (exact) mass is 392 g/mol. The summed E-state index contributed by atoms with van der Waals surface area (Å²) in [5.41, 5.74) is 4.74. The van der Waals surface area contributed by atoms with Gasteiger partial charge < -0.3 is 0 Å². The van der Waals surface area contributed by atoms with E-state index in [1.54, 1.807) is 12.1 Å². The van der Waals surface area contributed by atoms with Crippen LogP contribution >= 0.6 is 45.8 Å². The number of benzene rings is 2. The third-order valence-electron chi connectivity index (χ3n) is 2.65. The molecule has 0 fully saturated rings. The van der Waals surface area contributed by atoms with Crippen molar-refractivity contribution in [2.24, 2.45) is 5.84 Å². The van der Waals surface area contributed by atoms with Crippen LogP contribution in [0.3, 0.4) is 0 Å². The fourth-order valence-electron chi connectivity index (χ4n) is 1.79. The van der Waals surface area contributed by atoms with Crippen molar-refractivity contribution in [2.45, 2.75) is 6.04 Å². The molecule has 1 unspecified atom stereocenters. The molecule has 0 aliphatic rings. The molecule has 0 aromatic heterocycles. The molecule has 18 heavy (non-hydrogen) atoms. The summed E-state index contributed by atoms with van der Waals surface area (Å²) in [5, 5.41) is 1.28. The van der Waals surface area contributed by atoms with Gasteiger partial charge in [0.1, 0.15) is 0 Å². The first-order valence-electron chi connectivity index (χ1n) is 5.29. The number of hydrogen-bond acceptors (Lipinski definition) is 2. The minimum Gasteiger partial charge on any atom is -0.271 e. The van der Waals surface area contributed by atoms with E-state index in [0.29, 0.717) is 10.0 Å². The van der Waals surface area contributed by atoms with E-state index in [9.17, 15) is 0 Å². The lowest BCUT2D eigenvalue weighted by Gasteiger charge is -2.19. The lowest BCUT2D eigenvalue weighted by Crippen LogP contribution is -2.29. The molecule has 0 radical (unpaired) electrons. The summed E-state index contributed by atoms with van der Waals surface area (Å²) in [4.78, 5) is 0. The second kappa shape index (κ2) is 6.21. The summed E-state index contributed by atoms with van der Waals surface area (Å²) < 4.78 is 1.12. The molecule has 0 spiro atoms. The first kappa shape index (κ1) is 14.1. The van der Waals surface area contributed by atoms with Gasteiger partial charge in [0.05, 0.1) is 6.04 Å². The number of rotatable bonds is 3. The molecular formula is C13H11Cl2IN2. The van der Waals surface area contributed by atoms with E-state index in [4.69, 9.17) is 29.0 Å². The highest BCUT2D eigenvalue weighted by Crippen LogP contribution is 2.32. The minimum absolute atomic E-state index is 0.177. The Balaban J connectivity index is 2.52. The second-order valence-electron chi connectivity index (χ2n) is 3.79. The van der Waals surface area contributed by atoms with Crippen molar-refractivity contribution in [3.63, 3.8) is 0 Å². The van der Waals surface area contributed by atoms with Gasteiger partial charge in [-0.3, -0.25) is 5.84 Å². The van der Waals surface area contributed by atoms with E-state index >= 15 is 0 Å². The van der Waals surface area contributed by atoms with Crippen LogP contribution in [0.15, 0.2) is 42.5 Å². The van der Waals surface area contributed by atoms with E-state index in [1.165, 1.54) is 0 Å². The first-order chi connectivity index (χ1) is 8.63. The van der Waals surface area contributed by atoms with Gasteiger partial charge in [0, 0.05) is 13.6 Å². The van der Waals surface area contributed by atoms with Crippen LogP contribution in [0.25, 0.3) is 0 Å². The first-order valence-corrected chi connectivity index (χ1v) is 7.12. The molecule has 0 aliphatic carbocycles. The number of hydrazine groups is 1. The third kappa shape index (κ3) is 2.97. The van der Waals surface area contributed by atoms with E-state index in [-0.39, 0.29) is 6.04 Å². The summed E-state index contributed by atoms with van der Waals surface area (Å²) in [6, 6.07) is 13.2. The molecule has 2 aromatic carbocycles. The third-order valence-corrected chi connectivity index (χ3v) is 4.21. The Morgan fingerprint density at radius 3 is 2.44 bits per heavy atom. The van der Waals surface area contributed by atoms with Crippen LogP contribution in [0.2, 0.25) is 10.0 Å². The molecule has 2 aromatic rings. The Morgan fingerprint density at radius 1 is 1.06 bits per heavy atom. The van der Waals surface area contributed by atoms with Crippen LogP contribution in [-0.2, 0) is 0 Å². The Bertz CT molecular complexity index is 560. The van der Waals surface area contributed by atoms with Crippen molar-refractivity contribution in [3.8, 4) is 0 Å². The van der Waals surface area contributed by atoms with Gasteiger partial charge in [-0.2, -0.15) is 0 Å². The predicted molar refractivity (Wildman–Crippen MR) is 84.8 cm³/mol. The highest BCUT2D eigenvalue weighted by Gasteiger charge is 2.18. The Morgan fingerprint density at radius 2 is 1.78 bits per heavy atom. The molecule has 2 rings (SSSR count). The Kier molecular flexibility index (Phi) is 4.86. The van der Waals surface area contributed by atoms with Crippen LogP contribution in [0.5, 0.6) is 0 Å². The SMILES string of the molecule is NNC(c1cc(Cl)ccc1Cl)c1ccccc1I. The molecule has 2 nitrogen and oxygen atoms in total. The zero-order valence-corrected chi connectivity index (χ0v) is 13.0. The molecule has 0 aliphatic heterocycles. The normalized spacial score (nSPS) is 12.4. The van der Waals surface area contributed by atoms with Gasteiger partial charge in [-0.05, 0) is 58.0 Å². The van der Waals surface area contributed by atoms with Gasteiger partial charge >= 0.3 is 0 Å². The largest absolute Gasteiger partial charge is 0.271 e. The minimum atomic E-state index is -0.177. The standard InChI is InChI=1S/C13H11Cl2IN2/c14-8-5-6-11(15)10(7-8)13(18-17)9-3-1-2-4-12(9)16/h1-7,13,18H,17H2. The molecule has 3 N–H and O–H groups in total. The predicted octanol–water partition coefficient (Wildman–Crippen LogP) is 4.15. The molecule has 94 valence electrons. The molecular weight excluding hydrogens is 382 g/mol. The number of hydrogen-bond donors (Lipinski definition) is 2. The fraction of sp³-hybridized carbons (Fsp3) is 0.0769. The molecule has 0 heterocycles. The number of nitrogens with one attached hydrogen (secondary N) is 1. The van der Waals surface area contributed by atoms with Crippen LogP contribution in [0, 0.1) is 3.57 Å². The number of nitrogens with two attached hydrogens (primary N) is 1. The maximum atomic E-state index is 6.22. The zero-order chi connectivity index (χ0) is 13.1. The lowest BCUT2D eigenvalue weighted by molar-refractivity contribution is 0.634. The Hall–Kier alpha value is -0.330. The van der Waals surface area contributed by atoms with E-state index < -0.39 is 0 Å². The van der Waals surface area contributed by atoms with E-state index in [1.807, 2.05) is 30.3 Å². The van der Waals surface area contributed by atoms with Gasteiger partial charge in [0.25, 0.3) is 0 Å². The summed E-state index contributed by atoms with van der Waals surface area (Å²) >= 11 is 14.5.